The molecule has 0 saturated carbocycles. The minimum atomic E-state index is -0.293. The number of rotatable bonds is 4. The minimum Gasteiger partial charge on any atom is -0.334 e. The Balaban J connectivity index is 2.28. The van der Waals surface area contributed by atoms with Crippen LogP contribution in [0.3, 0.4) is 0 Å². The number of nitrogens with zero attached hydrogens (tertiary/aromatic N) is 3. The summed E-state index contributed by atoms with van der Waals surface area (Å²) in [4.78, 5) is 6.27. The first-order chi connectivity index (χ1) is 8.99. The van der Waals surface area contributed by atoms with E-state index in [1.165, 1.54) is 0 Å². The molecule has 2 aromatic rings. The van der Waals surface area contributed by atoms with Crippen molar-refractivity contribution in [2.45, 2.75) is 6.04 Å². The van der Waals surface area contributed by atoms with Crippen molar-refractivity contribution in [1.29, 1.82) is 0 Å². The summed E-state index contributed by atoms with van der Waals surface area (Å²) in [5.74, 6) is 0.843. The van der Waals surface area contributed by atoms with Gasteiger partial charge in [0.1, 0.15) is 0 Å². The van der Waals surface area contributed by atoms with E-state index in [0.717, 1.165) is 4.47 Å². The molecule has 0 aliphatic carbocycles. The standard InChI is InChI=1S/C12H14BrClN4O/c1-18(2)6-9(15)11-16-12(19-17-11)7-4-3-5-8(13)10(7)14/h3-5,9H,6,15H2,1-2H3. The van der Waals surface area contributed by atoms with Gasteiger partial charge in [0.05, 0.1) is 16.6 Å². The molecule has 0 fully saturated rings. The Bertz CT molecular complexity index is 573. The molecule has 19 heavy (non-hydrogen) atoms. The summed E-state index contributed by atoms with van der Waals surface area (Å²) in [7, 11) is 3.87. The highest BCUT2D eigenvalue weighted by Crippen LogP contribution is 2.32. The van der Waals surface area contributed by atoms with Gasteiger partial charge >= 0.3 is 0 Å². The molecule has 0 aliphatic heterocycles. The van der Waals surface area contributed by atoms with Gasteiger partial charge in [-0.05, 0) is 42.2 Å². The van der Waals surface area contributed by atoms with Crippen LogP contribution in [-0.2, 0) is 0 Å². The SMILES string of the molecule is CN(C)CC(N)c1noc(-c2cccc(Br)c2Cl)n1. The third kappa shape index (κ3) is 3.33. The van der Waals surface area contributed by atoms with Crippen LogP contribution >= 0.6 is 27.5 Å². The predicted molar refractivity (Wildman–Crippen MR) is 77.9 cm³/mol. The van der Waals surface area contributed by atoms with E-state index in [4.69, 9.17) is 21.9 Å². The van der Waals surface area contributed by atoms with E-state index in [9.17, 15) is 0 Å². The Morgan fingerprint density at radius 2 is 2.21 bits per heavy atom. The largest absolute Gasteiger partial charge is 0.334 e. The fourth-order valence-corrected chi connectivity index (χ4v) is 2.21. The number of benzene rings is 1. The van der Waals surface area contributed by atoms with Gasteiger partial charge in [-0.2, -0.15) is 4.98 Å². The summed E-state index contributed by atoms with van der Waals surface area (Å²) in [5.41, 5.74) is 6.67. The van der Waals surface area contributed by atoms with E-state index in [2.05, 4.69) is 26.1 Å². The van der Waals surface area contributed by atoms with E-state index >= 15 is 0 Å². The summed E-state index contributed by atoms with van der Waals surface area (Å²) in [6.07, 6.45) is 0. The fraction of sp³-hybridized carbons (Fsp3) is 0.333. The molecule has 7 heteroatoms. The van der Waals surface area contributed by atoms with Crippen molar-refractivity contribution in [2.75, 3.05) is 20.6 Å². The lowest BCUT2D eigenvalue weighted by molar-refractivity contribution is 0.357. The molecule has 0 radical (unpaired) electrons. The quantitative estimate of drug-likeness (QED) is 0.923. The third-order valence-corrected chi connectivity index (χ3v) is 3.81. The van der Waals surface area contributed by atoms with Crippen LogP contribution in [0.25, 0.3) is 11.5 Å². The number of halogens is 2. The van der Waals surface area contributed by atoms with Gasteiger partial charge in [-0.1, -0.05) is 22.8 Å². The lowest BCUT2D eigenvalue weighted by atomic mass is 10.2. The summed E-state index contributed by atoms with van der Waals surface area (Å²) in [6, 6.07) is 5.23. The van der Waals surface area contributed by atoms with E-state index in [-0.39, 0.29) is 6.04 Å². The Kier molecular flexibility index (Phi) is 4.57. The van der Waals surface area contributed by atoms with Gasteiger partial charge < -0.3 is 15.2 Å². The van der Waals surface area contributed by atoms with Crippen LogP contribution in [0.2, 0.25) is 5.02 Å². The van der Waals surface area contributed by atoms with Crippen molar-refractivity contribution in [1.82, 2.24) is 15.0 Å². The second-order valence-electron chi connectivity index (χ2n) is 4.43. The van der Waals surface area contributed by atoms with E-state index < -0.39 is 0 Å². The Labute approximate surface area is 124 Å². The number of hydrogen-bond acceptors (Lipinski definition) is 5. The van der Waals surface area contributed by atoms with E-state index in [1.54, 1.807) is 0 Å². The third-order valence-electron chi connectivity index (χ3n) is 2.52. The van der Waals surface area contributed by atoms with Crippen LogP contribution in [0.1, 0.15) is 11.9 Å². The predicted octanol–water partition coefficient (Wildman–Crippen LogP) is 2.71. The molecule has 5 nitrogen and oxygen atoms in total. The average Bonchev–Trinajstić information content (AvgIpc) is 2.81. The summed E-state index contributed by atoms with van der Waals surface area (Å²) in [5, 5.41) is 4.45. The van der Waals surface area contributed by atoms with Gasteiger partial charge in [0, 0.05) is 11.0 Å². The van der Waals surface area contributed by atoms with Gasteiger partial charge in [0.15, 0.2) is 5.82 Å². The molecule has 2 N–H and O–H groups in total. The Morgan fingerprint density at radius 1 is 1.47 bits per heavy atom. The maximum absolute atomic E-state index is 6.19. The summed E-state index contributed by atoms with van der Waals surface area (Å²) < 4.78 is 6.01. The lowest BCUT2D eigenvalue weighted by Gasteiger charge is -2.12. The highest BCUT2D eigenvalue weighted by atomic mass is 79.9. The molecule has 0 amide bonds. The Morgan fingerprint density at radius 3 is 2.89 bits per heavy atom. The number of likely N-dealkylation sites (N-methyl/N-ethyl adjacent to an activating group) is 1. The van der Waals surface area contributed by atoms with Crippen molar-refractivity contribution < 1.29 is 4.52 Å². The first kappa shape index (κ1) is 14.5. The zero-order chi connectivity index (χ0) is 14.0. The molecule has 1 unspecified atom stereocenters. The van der Waals surface area contributed by atoms with Crippen LogP contribution in [-0.4, -0.2) is 35.7 Å². The summed E-state index contributed by atoms with van der Waals surface area (Å²) in [6.45, 7) is 0.644. The van der Waals surface area contributed by atoms with Crippen LogP contribution < -0.4 is 5.73 Å². The van der Waals surface area contributed by atoms with Gasteiger partial charge in [-0.3, -0.25) is 0 Å². The van der Waals surface area contributed by atoms with Crippen molar-refractivity contribution >= 4 is 27.5 Å². The molecule has 1 atom stereocenters. The smallest absolute Gasteiger partial charge is 0.259 e. The maximum Gasteiger partial charge on any atom is 0.259 e. The monoisotopic (exact) mass is 344 g/mol. The zero-order valence-electron chi connectivity index (χ0n) is 10.6. The lowest BCUT2D eigenvalue weighted by Crippen LogP contribution is -2.26. The Hall–Kier alpha value is -0.950. The molecular weight excluding hydrogens is 332 g/mol. The topological polar surface area (TPSA) is 68.2 Å². The van der Waals surface area contributed by atoms with Crippen molar-refractivity contribution in [3.63, 3.8) is 0 Å². The van der Waals surface area contributed by atoms with Crippen molar-refractivity contribution in [3.05, 3.63) is 33.5 Å². The van der Waals surface area contributed by atoms with Gasteiger partial charge in [0.25, 0.3) is 5.89 Å². The number of nitrogens with two attached hydrogens (primary N) is 1. The molecule has 102 valence electrons. The molecule has 0 aliphatic rings. The molecule has 1 aromatic heterocycles. The molecule has 0 bridgehead atoms. The fourth-order valence-electron chi connectivity index (χ4n) is 1.64. The average molecular weight is 346 g/mol. The normalized spacial score (nSPS) is 12.9. The van der Waals surface area contributed by atoms with Gasteiger partial charge in [-0.25, -0.2) is 0 Å². The first-order valence-electron chi connectivity index (χ1n) is 5.67. The molecule has 2 rings (SSSR count). The summed E-state index contributed by atoms with van der Waals surface area (Å²) >= 11 is 9.55. The first-order valence-corrected chi connectivity index (χ1v) is 6.84. The second-order valence-corrected chi connectivity index (χ2v) is 5.66. The molecule has 0 spiro atoms. The molecule has 1 aromatic carbocycles. The van der Waals surface area contributed by atoms with Gasteiger partial charge in [0.2, 0.25) is 0 Å². The number of hydrogen-bond donors (Lipinski definition) is 1. The van der Waals surface area contributed by atoms with Gasteiger partial charge in [-0.15, -0.1) is 0 Å². The zero-order valence-corrected chi connectivity index (χ0v) is 12.9. The molecule has 1 heterocycles. The highest BCUT2D eigenvalue weighted by molar-refractivity contribution is 9.10. The van der Waals surface area contributed by atoms with Crippen molar-refractivity contribution in [2.24, 2.45) is 5.73 Å². The van der Waals surface area contributed by atoms with Crippen molar-refractivity contribution in [3.8, 4) is 11.5 Å². The van der Waals surface area contributed by atoms with Crippen LogP contribution in [0, 0.1) is 0 Å². The molecule has 0 saturated heterocycles. The van der Waals surface area contributed by atoms with Crippen LogP contribution in [0.15, 0.2) is 27.2 Å². The van der Waals surface area contributed by atoms with E-state index in [1.807, 2.05) is 37.2 Å². The molecular formula is C12H14BrClN4O. The number of aromatic nitrogens is 2. The highest BCUT2D eigenvalue weighted by Gasteiger charge is 2.18. The van der Waals surface area contributed by atoms with Crippen LogP contribution in [0.4, 0.5) is 0 Å². The maximum atomic E-state index is 6.19. The van der Waals surface area contributed by atoms with Crippen LogP contribution in [0.5, 0.6) is 0 Å². The van der Waals surface area contributed by atoms with E-state index in [0.29, 0.717) is 28.8 Å². The minimum absolute atomic E-state index is 0.293. The second kappa shape index (κ2) is 6.00.